The molecule has 0 radical (unpaired) electrons. The standard InChI is InChI=1S/C64H51BF6O7P2/c1-46(72)57-37-21-23-39-59(57)61(74)44-79(51-25-9-3-10-26-51,52-27-11-4-12-28-52,53-29-13-5-14-30-53)77-65(76-50-42-48(63(66,67)68)41-49(43-50)64(69,70)71)78-80(54-31-15-6-16-32-54,55-33-17-7-18-34-55,56-35-19-8-20-36-56)45-62(75)60-40-24-22-38-58(60)47(2)73/h3-43H,44-45H2,1-2H3. The van der Waals surface area contributed by atoms with Crippen molar-refractivity contribution in [3.05, 3.63) is 282 Å². The third-order valence-corrected chi connectivity index (χ3v) is 25.7. The summed E-state index contributed by atoms with van der Waals surface area (Å²) in [4.78, 5) is 58.8. The summed E-state index contributed by atoms with van der Waals surface area (Å²) in [5.41, 5.74) is -3.29. The molecular weight excluding hydrogens is 1070 g/mol. The number of carbonyl (C=O) groups is 4. The zero-order valence-corrected chi connectivity index (χ0v) is 45.0. The molecule has 0 N–H and O–H groups in total. The number of carbonyl (C=O) groups excluding carboxylic acids is 4. The second-order valence-corrected chi connectivity index (χ2v) is 28.2. The molecule has 0 aliphatic carbocycles. The molecule has 0 saturated carbocycles. The van der Waals surface area contributed by atoms with Gasteiger partial charge in [0.2, 0.25) is 0 Å². The van der Waals surface area contributed by atoms with Crippen molar-refractivity contribution in [3.8, 4) is 5.75 Å². The quantitative estimate of drug-likeness (QED) is 0.0325. The van der Waals surface area contributed by atoms with E-state index in [0.29, 0.717) is 44.0 Å². The summed E-state index contributed by atoms with van der Waals surface area (Å²) in [6.07, 6.45) is -12.0. The average Bonchev–Trinajstić information content (AvgIpc) is 3.45. The van der Waals surface area contributed by atoms with Crippen LogP contribution in [0.4, 0.5) is 26.3 Å². The predicted octanol–water partition coefficient (Wildman–Crippen LogP) is 13.2. The van der Waals surface area contributed by atoms with Gasteiger partial charge in [-0.1, -0.05) is 0 Å². The van der Waals surface area contributed by atoms with E-state index < -0.39 is 85.7 Å². The van der Waals surface area contributed by atoms with Gasteiger partial charge in [0.05, 0.1) is 0 Å². The second-order valence-electron chi connectivity index (χ2n) is 19.2. The normalized spacial score (nSPS) is 12.9. The van der Waals surface area contributed by atoms with Gasteiger partial charge < -0.3 is 0 Å². The molecule has 0 amide bonds. The molecule has 9 rings (SSSR count). The van der Waals surface area contributed by atoms with Crippen LogP contribution >= 0.6 is 13.7 Å². The van der Waals surface area contributed by atoms with E-state index in [-0.39, 0.29) is 28.3 Å². The Bertz CT molecular complexity index is 3270. The number of Topliss-reactive ketones (excluding diaryl/α,β-unsaturated/α-hetero) is 4. The fraction of sp³-hybridized carbons (Fsp3) is 0.0938. The van der Waals surface area contributed by atoms with E-state index >= 15 is 35.9 Å². The Labute approximate surface area is 459 Å². The van der Waals surface area contributed by atoms with Crippen molar-refractivity contribution in [1.29, 1.82) is 0 Å². The first-order chi connectivity index (χ1) is 38.3. The molecule has 0 bridgehead atoms. The van der Waals surface area contributed by atoms with E-state index in [1.165, 1.54) is 38.1 Å². The van der Waals surface area contributed by atoms with Crippen molar-refractivity contribution in [2.24, 2.45) is 0 Å². The van der Waals surface area contributed by atoms with Gasteiger partial charge in [0.25, 0.3) is 0 Å². The van der Waals surface area contributed by atoms with E-state index in [1.54, 1.807) is 206 Å². The van der Waals surface area contributed by atoms with Gasteiger partial charge in [0.15, 0.2) is 0 Å². The van der Waals surface area contributed by atoms with Crippen molar-refractivity contribution in [2.45, 2.75) is 26.2 Å². The summed E-state index contributed by atoms with van der Waals surface area (Å²) in [6.45, 7) is -8.36. The Morgan fingerprint density at radius 3 is 0.838 bits per heavy atom. The van der Waals surface area contributed by atoms with Crippen molar-refractivity contribution < 1.29 is 59.1 Å². The van der Waals surface area contributed by atoms with E-state index in [1.807, 2.05) is 0 Å². The second kappa shape index (κ2) is 22.6. The Balaban J connectivity index is 1.49. The van der Waals surface area contributed by atoms with Crippen molar-refractivity contribution in [2.75, 3.05) is 12.3 Å². The van der Waals surface area contributed by atoms with Crippen LogP contribution in [0.2, 0.25) is 0 Å². The van der Waals surface area contributed by atoms with Crippen LogP contribution < -0.4 is 36.5 Å². The Kier molecular flexibility index (Phi) is 16.0. The van der Waals surface area contributed by atoms with E-state index in [9.17, 15) is 9.59 Å². The summed E-state index contributed by atoms with van der Waals surface area (Å²) in [5, 5.41) is 1.96. The van der Waals surface area contributed by atoms with Gasteiger partial charge in [0, 0.05) is 0 Å². The van der Waals surface area contributed by atoms with E-state index in [2.05, 4.69) is 0 Å². The van der Waals surface area contributed by atoms with Gasteiger partial charge >= 0.3 is 461 Å². The molecule has 9 aromatic carbocycles. The third kappa shape index (κ3) is 10.5. The SMILES string of the molecule is CC(=O)c1ccccc1C(=O)CP(OB(Oc1cc(C(F)(F)F)cc(C(F)(F)F)c1)OP(CC(=O)c1ccccc1C(C)=O)(c1ccccc1)(c1ccccc1)c1ccccc1)(c1ccccc1)(c1ccccc1)c1ccccc1. The first-order valence-electron chi connectivity index (χ1n) is 25.3. The zero-order valence-electron chi connectivity index (χ0n) is 43.2. The number of benzene rings is 9. The van der Waals surface area contributed by atoms with Crippen LogP contribution in [0.3, 0.4) is 0 Å². The number of ketones is 4. The topological polar surface area (TPSA) is 96.0 Å². The number of alkyl halides is 6. The molecule has 0 aromatic heterocycles. The fourth-order valence-electron chi connectivity index (χ4n) is 10.7. The van der Waals surface area contributed by atoms with Gasteiger partial charge in [-0.05, 0) is 0 Å². The van der Waals surface area contributed by atoms with E-state index in [4.69, 9.17) is 13.5 Å². The van der Waals surface area contributed by atoms with Crippen molar-refractivity contribution in [3.63, 3.8) is 0 Å². The van der Waals surface area contributed by atoms with Crippen LogP contribution in [0.25, 0.3) is 0 Å². The Morgan fingerprint density at radius 1 is 0.362 bits per heavy atom. The maximum atomic E-state index is 16.0. The molecule has 0 aliphatic heterocycles. The van der Waals surface area contributed by atoms with Gasteiger partial charge in [0.1, 0.15) is 0 Å². The van der Waals surface area contributed by atoms with Crippen LogP contribution in [0.1, 0.15) is 66.4 Å². The molecule has 0 fully saturated rings. The third-order valence-electron chi connectivity index (χ3n) is 14.3. The molecule has 0 heterocycles. The van der Waals surface area contributed by atoms with Crippen LogP contribution in [-0.2, 0) is 21.2 Å². The number of hydrogen-bond donors (Lipinski definition) is 0. The molecule has 16 heteroatoms. The molecule has 404 valence electrons. The fourth-order valence-corrected chi connectivity index (χ4v) is 21.7. The maximum absolute atomic E-state index is 16.0. The molecule has 0 aliphatic rings. The van der Waals surface area contributed by atoms with Gasteiger partial charge in [-0.2, -0.15) is 0 Å². The molecule has 7 nitrogen and oxygen atoms in total. The Morgan fingerprint density at radius 2 is 0.600 bits per heavy atom. The summed E-state index contributed by atoms with van der Waals surface area (Å²) < 4.78 is 113. The van der Waals surface area contributed by atoms with Crippen LogP contribution in [0, 0.1) is 0 Å². The first kappa shape index (κ1) is 56.6. The minimum atomic E-state index is -5.49. The zero-order chi connectivity index (χ0) is 56.8. The Hall–Kier alpha value is -8.12. The monoisotopic (exact) mass is 1120 g/mol. The summed E-state index contributed by atoms with van der Waals surface area (Å²) in [7, 11) is -2.51. The molecular formula is C64H51BF6O7P2. The molecule has 80 heavy (non-hydrogen) atoms. The molecule has 9 aromatic rings. The number of halogens is 6. The van der Waals surface area contributed by atoms with Crippen LogP contribution in [-0.4, -0.2) is 42.8 Å². The predicted molar refractivity (Wildman–Crippen MR) is 307 cm³/mol. The van der Waals surface area contributed by atoms with Crippen molar-refractivity contribution >= 4 is 75.9 Å². The summed E-state index contributed by atoms with van der Waals surface area (Å²) >= 11 is 0. The van der Waals surface area contributed by atoms with Gasteiger partial charge in [-0.25, -0.2) is 0 Å². The molecule has 0 spiro atoms. The van der Waals surface area contributed by atoms with Crippen molar-refractivity contribution in [1.82, 2.24) is 0 Å². The molecule has 0 unspecified atom stereocenters. The van der Waals surface area contributed by atoms with E-state index in [0.717, 1.165) is 0 Å². The van der Waals surface area contributed by atoms with Gasteiger partial charge in [-0.15, -0.1) is 0 Å². The molecule has 0 atom stereocenters. The van der Waals surface area contributed by atoms with Crippen LogP contribution in [0.5, 0.6) is 5.75 Å². The number of hydrogen-bond acceptors (Lipinski definition) is 7. The van der Waals surface area contributed by atoms with Gasteiger partial charge in [-0.3, -0.25) is 0 Å². The number of rotatable bonds is 20. The summed E-state index contributed by atoms with van der Waals surface area (Å²) in [5.74, 6) is -3.15. The summed E-state index contributed by atoms with van der Waals surface area (Å²) in [6, 6.07) is 64.3. The minimum absolute atomic E-state index is 0.00121. The molecule has 0 saturated heterocycles. The first-order valence-corrected chi connectivity index (χ1v) is 29.9. The van der Waals surface area contributed by atoms with Crippen LogP contribution in [0.15, 0.2) is 249 Å². The average molecular weight is 1120 g/mol.